The third-order valence-electron chi connectivity index (χ3n) is 4.33. The number of thioether (sulfide) groups is 1. The Morgan fingerprint density at radius 1 is 1.25 bits per heavy atom. The fourth-order valence-corrected chi connectivity index (χ4v) is 3.48. The van der Waals surface area contributed by atoms with Gasteiger partial charge < -0.3 is 10.6 Å². The van der Waals surface area contributed by atoms with Crippen LogP contribution in [-0.4, -0.2) is 37.1 Å². The minimum absolute atomic E-state index is 0. The summed E-state index contributed by atoms with van der Waals surface area (Å²) in [5, 5.41) is 6.99. The summed E-state index contributed by atoms with van der Waals surface area (Å²) in [7, 11) is 0. The van der Waals surface area contributed by atoms with Crippen LogP contribution in [0, 0.1) is 11.8 Å². The Bertz CT molecular complexity index is 293. The SMILES string of the molecule is CCNC(=NCCSC)NC1CC1C1CCCCC1.I. The highest BCUT2D eigenvalue weighted by Gasteiger charge is 2.43. The second kappa shape index (κ2) is 10.1. The van der Waals surface area contributed by atoms with E-state index in [0.717, 1.165) is 36.6 Å². The molecule has 0 saturated heterocycles. The van der Waals surface area contributed by atoms with Gasteiger partial charge in [0.2, 0.25) is 0 Å². The van der Waals surface area contributed by atoms with Gasteiger partial charge in [-0.25, -0.2) is 0 Å². The van der Waals surface area contributed by atoms with Gasteiger partial charge in [0.25, 0.3) is 0 Å². The molecular formula is C15H30IN3S. The predicted octanol–water partition coefficient (Wildman–Crippen LogP) is 3.49. The van der Waals surface area contributed by atoms with Gasteiger partial charge in [-0.3, -0.25) is 4.99 Å². The van der Waals surface area contributed by atoms with E-state index in [-0.39, 0.29) is 24.0 Å². The Balaban J connectivity index is 0.00000200. The zero-order chi connectivity index (χ0) is 13.5. The Labute approximate surface area is 145 Å². The van der Waals surface area contributed by atoms with Crippen molar-refractivity contribution in [1.29, 1.82) is 0 Å². The van der Waals surface area contributed by atoms with Crippen LogP contribution in [0.5, 0.6) is 0 Å². The Morgan fingerprint density at radius 3 is 2.65 bits per heavy atom. The van der Waals surface area contributed by atoms with Gasteiger partial charge in [0.1, 0.15) is 0 Å². The van der Waals surface area contributed by atoms with E-state index in [1.165, 1.54) is 38.5 Å². The first-order valence-electron chi connectivity index (χ1n) is 7.89. The summed E-state index contributed by atoms with van der Waals surface area (Å²) in [6, 6.07) is 0.690. The normalized spacial score (nSPS) is 26.8. The molecule has 5 heteroatoms. The highest BCUT2D eigenvalue weighted by atomic mass is 127. The lowest BCUT2D eigenvalue weighted by molar-refractivity contribution is 0.315. The topological polar surface area (TPSA) is 36.4 Å². The highest BCUT2D eigenvalue weighted by Crippen LogP contribution is 2.44. The molecule has 0 aromatic carbocycles. The van der Waals surface area contributed by atoms with Crippen LogP contribution in [0.3, 0.4) is 0 Å². The molecular weight excluding hydrogens is 381 g/mol. The molecule has 118 valence electrons. The van der Waals surface area contributed by atoms with Gasteiger partial charge in [-0.1, -0.05) is 32.1 Å². The van der Waals surface area contributed by atoms with E-state index in [1.807, 2.05) is 11.8 Å². The first-order valence-corrected chi connectivity index (χ1v) is 9.28. The van der Waals surface area contributed by atoms with Gasteiger partial charge in [-0.15, -0.1) is 24.0 Å². The van der Waals surface area contributed by atoms with E-state index >= 15 is 0 Å². The van der Waals surface area contributed by atoms with Gasteiger partial charge in [0, 0.05) is 18.3 Å². The van der Waals surface area contributed by atoms with Crippen LogP contribution in [-0.2, 0) is 0 Å². The van der Waals surface area contributed by atoms with Crippen LogP contribution >= 0.6 is 35.7 Å². The zero-order valence-electron chi connectivity index (χ0n) is 12.9. The lowest BCUT2D eigenvalue weighted by atomic mass is 9.85. The number of nitrogens with one attached hydrogen (secondary N) is 2. The summed E-state index contributed by atoms with van der Waals surface area (Å²) in [5.74, 6) is 4.04. The third kappa shape index (κ3) is 6.00. The number of nitrogens with zero attached hydrogens (tertiary/aromatic N) is 1. The number of rotatable bonds is 6. The van der Waals surface area contributed by atoms with Crippen LogP contribution < -0.4 is 10.6 Å². The molecule has 0 radical (unpaired) electrons. The molecule has 0 spiro atoms. The van der Waals surface area contributed by atoms with E-state index in [9.17, 15) is 0 Å². The van der Waals surface area contributed by atoms with Crippen LogP contribution in [0.15, 0.2) is 4.99 Å². The number of guanidine groups is 1. The molecule has 0 amide bonds. The summed E-state index contributed by atoms with van der Waals surface area (Å²) in [5.41, 5.74) is 0. The average molecular weight is 411 g/mol. The summed E-state index contributed by atoms with van der Waals surface area (Å²) >= 11 is 1.86. The summed E-state index contributed by atoms with van der Waals surface area (Å²) in [4.78, 5) is 4.64. The molecule has 0 heterocycles. The number of halogens is 1. The largest absolute Gasteiger partial charge is 0.357 e. The standard InChI is InChI=1S/C15H29N3S.HI/c1-3-16-15(17-9-10-19-2)18-14-11-13(14)12-7-5-4-6-8-12;/h12-14H,3-11H2,1-2H3,(H2,16,17,18);1H. The van der Waals surface area contributed by atoms with Crippen molar-refractivity contribution >= 4 is 41.7 Å². The molecule has 2 rings (SSSR count). The maximum Gasteiger partial charge on any atom is 0.191 e. The molecule has 0 aromatic rings. The molecule has 20 heavy (non-hydrogen) atoms. The Hall–Kier alpha value is 0.350. The molecule has 0 aromatic heterocycles. The number of aliphatic imine (C=N–C) groups is 1. The van der Waals surface area contributed by atoms with Crippen molar-refractivity contribution in [1.82, 2.24) is 10.6 Å². The Morgan fingerprint density at radius 2 is 2.00 bits per heavy atom. The van der Waals surface area contributed by atoms with Crippen molar-refractivity contribution in [2.24, 2.45) is 16.8 Å². The van der Waals surface area contributed by atoms with Crippen molar-refractivity contribution in [3.63, 3.8) is 0 Å². The van der Waals surface area contributed by atoms with Crippen molar-refractivity contribution in [3.05, 3.63) is 0 Å². The van der Waals surface area contributed by atoms with Crippen LogP contribution in [0.25, 0.3) is 0 Å². The highest BCUT2D eigenvalue weighted by molar-refractivity contribution is 14.0. The maximum absolute atomic E-state index is 4.64. The molecule has 3 nitrogen and oxygen atoms in total. The lowest BCUT2D eigenvalue weighted by Crippen LogP contribution is -2.39. The van der Waals surface area contributed by atoms with Crippen LogP contribution in [0.2, 0.25) is 0 Å². The minimum Gasteiger partial charge on any atom is -0.357 e. The van der Waals surface area contributed by atoms with Crippen molar-refractivity contribution in [2.45, 2.75) is 51.5 Å². The smallest absolute Gasteiger partial charge is 0.191 e. The maximum atomic E-state index is 4.64. The molecule has 2 unspecified atom stereocenters. The number of hydrogen-bond acceptors (Lipinski definition) is 2. The van der Waals surface area contributed by atoms with Crippen molar-refractivity contribution in [2.75, 3.05) is 25.1 Å². The number of hydrogen-bond donors (Lipinski definition) is 2. The average Bonchev–Trinajstić information content (AvgIpc) is 3.19. The van der Waals surface area contributed by atoms with Gasteiger partial charge in [-0.05, 0) is 31.4 Å². The lowest BCUT2D eigenvalue weighted by Gasteiger charge is -2.22. The van der Waals surface area contributed by atoms with Gasteiger partial charge in [0.05, 0.1) is 6.54 Å². The molecule has 0 bridgehead atoms. The molecule has 2 saturated carbocycles. The molecule has 0 aliphatic heterocycles. The Kier molecular flexibility index (Phi) is 9.33. The monoisotopic (exact) mass is 411 g/mol. The van der Waals surface area contributed by atoms with Gasteiger partial charge in [-0.2, -0.15) is 11.8 Å². The summed E-state index contributed by atoms with van der Waals surface area (Å²) < 4.78 is 0. The third-order valence-corrected chi connectivity index (χ3v) is 4.92. The second-order valence-electron chi connectivity index (χ2n) is 5.80. The predicted molar refractivity (Wildman–Crippen MR) is 101 cm³/mol. The van der Waals surface area contributed by atoms with Gasteiger partial charge >= 0.3 is 0 Å². The van der Waals surface area contributed by atoms with Crippen LogP contribution in [0.1, 0.15) is 45.4 Å². The minimum atomic E-state index is 0. The molecule has 2 N–H and O–H groups in total. The molecule has 2 fully saturated rings. The van der Waals surface area contributed by atoms with Gasteiger partial charge in [0.15, 0.2) is 5.96 Å². The fourth-order valence-electron chi connectivity index (χ4n) is 3.21. The van der Waals surface area contributed by atoms with E-state index in [1.54, 1.807) is 0 Å². The van der Waals surface area contributed by atoms with Crippen molar-refractivity contribution < 1.29 is 0 Å². The van der Waals surface area contributed by atoms with Crippen LogP contribution in [0.4, 0.5) is 0 Å². The zero-order valence-corrected chi connectivity index (χ0v) is 16.0. The van der Waals surface area contributed by atoms with E-state index in [2.05, 4.69) is 28.8 Å². The van der Waals surface area contributed by atoms with E-state index in [4.69, 9.17) is 0 Å². The fraction of sp³-hybridized carbons (Fsp3) is 0.933. The molecule has 2 aliphatic carbocycles. The van der Waals surface area contributed by atoms with Crippen molar-refractivity contribution in [3.8, 4) is 0 Å². The van der Waals surface area contributed by atoms with E-state index in [0.29, 0.717) is 6.04 Å². The summed E-state index contributed by atoms with van der Waals surface area (Å²) in [6.45, 7) is 4.00. The second-order valence-corrected chi connectivity index (χ2v) is 6.79. The molecule has 2 atom stereocenters. The van der Waals surface area contributed by atoms with E-state index < -0.39 is 0 Å². The summed E-state index contributed by atoms with van der Waals surface area (Å²) in [6.07, 6.45) is 10.8. The first kappa shape index (κ1) is 18.4. The molecule has 2 aliphatic rings. The first-order chi connectivity index (χ1) is 9.35. The quantitative estimate of drug-likeness (QED) is 0.304.